The van der Waals surface area contributed by atoms with E-state index in [0.29, 0.717) is 0 Å². The molecular formula is C12H19N5O3. The smallest absolute Gasteiger partial charge is 0.324 e. The molecule has 8 heteroatoms. The van der Waals surface area contributed by atoms with Crippen molar-refractivity contribution in [2.24, 2.45) is 0 Å². The maximum atomic E-state index is 12.5. The molecule has 1 fully saturated rings. The zero-order valence-corrected chi connectivity index (χ0v) is 12.5. The van der Waals surface area contributed by atoms with Crippen molar-refractivity contribution in [3.8, 4) is 12.0 Å². The van der Waals surface area contributed by atoms with Crippen molar-refractivity contribution in [3.63, 3.8) is 0 Å². The van der Waals surface area contributed by atoms with Crippen LogP contribution in [-0.4, -0.2) is 46.3 Å². The summed E-state index contributed by atoms with van der Waals surface area (Å²) in [6.07, 6.45) is 0. The number of rotatable bonds is 3. The number of hydrogen-bond donors (Lipinski definition) is 1. The van der Waals surface area contributed by atoms with Gasteiger partial charge in [0, 0.05) is 0 Å². The molecule has 8 nitrogen and oxygen atoms in total. The third kappa shape index (κ3) is 2.26. The molecule has 1 aliphatic heterocycles. The first-order chi connectivity index (χ1) is 9.21. The van der Waals surface area contributed by atoms with E-state index in [1.54, 1.807) is 0 Å². The zero-order chi connectivity index (χ0) is 15.1. The first kappa shape index (κ1) is 14.4. The lowest BCUT2D eigenvalue weighted by Gasteiger charge is -2.29. The van der Waals surface area contributed by atoms with E-state index in [1.807, 2.05) is 27.7 Å². The molecule has 2 rings (SSSR count). The van der Waals surface area contributed by atoms with Crippen LogP contribution in [0.1, 0.15) is 27.7 Å². The normalized spacial score (nSPS) is 20.1. The molecule has 1 aliphatic rings. The fourth-order valence-corrected chi connectivity index (χ4v) is 2.36. The van der Waals surface area contributed by atoms with Crippen LogP contribution >= 0.6 is 0 Å². The van der Waals surface area contributed by atoms with Gasteiger partial charge in [-0.3, -0.25) is 15.0 Å². The molecule has 1 aromatic rings. The highest BCUT2D eigenvalue weighted by molar-refractivity contribution is 6.02. The Kier molecular flexibility index (Phi) is 3.29. The summed E-state index contributed by atoms with van der Waals surface area (Å²) >= 11 is 0. The Morgan fingerprint density at radius 2 is 1.50 bits per heavy atom. The summed E-state index contributed by atoms with van der Waals surface area (Å²) in [7, 11) is 2.88. The maximum absolute atomic E-state index is 12.5. The molecule has 0 spiro atoms. The molecule has 0 aliphatic carbocycles. The Balaban J connectivity index is 2.52. The van der Waals surface area contributed by atoms with E-state index < -0.39 is 11.2 Å². The van der Waals surface area contributed by atoms with Gasteiger partial charge in [0.05, 0.1) is 25.4 Å². The molecule has 2 heterocycles. The lowest BCUT2D eigenvalue weighted by molar-refractivity contribution is -0.121. The summed E-state index contributed by atoms with van der Waals surface area (Å²) in [6.45, 7) is 7.38. The molecule has 0 saturated carbocycles. The van der Waals surface area contributed by atoms with Crippen molar-refractivity contribution in [2.45, 2.75) is 38.9 Å². The van der Waals surface area contributed by atoms with E-state index in [9.17, 15) is 4.79 Å². The second kappa shape index (κ2) is 4.55. The molecule has 0 aromatic carbocycles. The highest BCUT2D eigenvalue weighted by atomic mass is 16.5. The van der Waals surface area contributed by atoms with Gasteiger partial charge in [0.2, 0.25) is 5.95 Å². The number of nitrogens with zero attached hydrogens (tertiary/aromatic N) is 4. The Hall–Kier alpha value is -1.96. The van der Waals surface area contributed by atoms with Crippen LogP contribution in [0.5, 0.6) is 12.0 Å². The number of carbonyl (C=O) groups excluding carboxylic acids is 1. The van der Waals surface area contributed by atoms with E-state index in [4.69, 9.17) is 9.47 Å². The highest BCUT2D eigenvalue weighted by Crippen LogP contribution is 2.32. The van der Waals surface area contributed by atoms with Gasteiger partial charge in [-0.1, -0.05) is 0 Å². The molecule has 0 atom stereocenters. The number of aromatic nitrogens is 3. The lowest BCUT2D eigenvalue weighted by atomic mass is 10.1. The predicted octanol–water partition coefficient (Wildman–Crippen LogP) is 0.340. The summed E-state index contributed by atoms with van der Waals surface area (Å²) in [4.78, 5) is 26.2. The SMILES string of the molecule is COc1nc(OC)nc(N2C(=O)C(C)(C)NC2(C)C)n1. The minimum atomic E-state index is -0.698. The van der Waals surface area contributed by atoms with Crippen molar-refractivity contribution in [2.75, 3.05) is 19.1 Å². The molecule has 1 amide bonds. The van der Waals surface area contributed by atoms with Crippen molar-refractivity contribution in [3.05, 3.63) is 0 Å². The van der Waals surface area contributed by atoms with Crippen LogP contribution in [0, 0.1) is 0 Å². The second-order valence-electron chi connectivity index (χ2n) is 5.56. The van der Waals surface area contributed by atoms with Gasteiger partial charge in [0.1, 0.15) is 0 Å². The Morgan fingerprint density at radius 3 is 1.85 bits per heavy atom. The number of methoxy groups -OCH3 is 2. The van der Waals surface area contributed by atoms with Crippen LogP contribution in [0.2, 0.25) is 0 Å². The van der Waals surface area contributed by atoms with Crippen LogP contribution < -0.4 is 19.7 Å². The van der Waals surface area contributed by atoms with Gasteiger partial charge in [-0.15, -0.1) is 4.98 Å². The van der Waals surface area contributed by atoms with E-state index in [-0.39, 0.29) is 23.9 Å². The van der Waals surface area contributed by atoms with Crippen LogP contribution in [0.15, 0.2) is 0 Å². The topological polar surface area (TPSA) is 89.5 Å². The average Bonchev–Trinajstić information content (AvgIpc) is 2.52. The van der Waals surface area contributed by atoms with Gasteiger partial charge in [-0.05, 0) is 27.7 Å². The summed E-state index contributed by atoms with van der Waals surface area (Å²) in [5.74, 6) is 0.0691. The van der Waals surface area contributed by atoms with Gasteiger partial charge in [-0.2, -0.15) is 9.97 Å². The number of nitrogens with one attached hydrogen (secondary N) is 1. The van der Waals surface area contributed by atoms with Gasteiger partial charge >= 0.3 is 12.0 Å². The van der Waals surface area contributed by atoms with Crippen molar-refractivity contribution in [1.29, 1.82) is 0 Å². The Bertz CT molecular complexity index is 522. The van der Waals surface area contributed by atoms with E-state index >= 15 is 0 Å². The first-order valence-corrected chi connectivity index (χ1v) is 6.19. The largest absolute Gasteiger partial charge is 0.467 e. The number of ether oxygens (including phenoxy) is 2. The van der Waals surface area contributed by atoms with Gasteiger partial charge in [0.15, 0.2) is 0 Å². The molecule has 110 valence electrons. The van der Waals surface area contributed by atoms with E-state index in [2.05, 4.69) is 20.3 Å². The molecule has 1 N–H and O–H groups in total. The van der Waals surface area contributed by atoms with Crippen molar-refractivity contribution < 1.29 is 14.3 Å². The third-order valence-corrected chi connectivity index (χ3v) is 3.06. The van der Waals surface area contributed by atoms with Crippen molar-refractivity contribution >= 4 is 11.9 Å². The van der Waals surface area contributed by atoms with Gasteiger partial charge in [0.25, 0.3) is 5.91 Å². The second-order valence-corrected chi connectivity index (χ2v) is 5.56. The van der Waals surface area contributed by atoms with Crippen LogP contribution in [-0.2, 0) is 4.79 Å². The highest BCUT2D eigenvalue weighted by Gasteiger charge is 2.51. The van der Waals surface area contributed by atoms with Gasteiger partial charge in [-0.25, -0.2) is 0 Å². The lowest BCUT2D eigenvalue weighted by Crippen LogP contribution is -2.49. The fraction of sp³-hybridized carbons (Fsp3) is 0.667. The minimum Gasteiger partial charge on any atom is -0.467 e. The van der Waals surface area contributed by atoms with Crippen LogP contribution in [0.3, 0.4) is 0 Å². The summed E-state index contributed by atoms with van der Waals surface area (Å²) in [6, 6.07) is 0.195. The molecule has 1 saturated heterocycles. The van der Waals surface area contributed by atoms with Crippen molar-refractivity contribution in [1.82, 2.24) is 20.3 Å². The fourth-order valence-electron chi connectivity index (χ4n) is 2.36. The maximum Gasteiger partial charge on any atom is 0.324 e. The minimum absolute atomic E-state index is 0.0974. The summed E-state index contributed by atoms with van der Waals surface area (Å²) in [5.41, 5.74) is -1.32. The van der Waals surface area contributed by atoms with Crippen LogP contribution in [0.4, 0.5) is 5.95 Å². The molecule has 1 aromatic heterocycles. The molecule has 0 bridgehead atoms. The summed E-state index contributed by atoms with van der Waals surface area (Å²) < 4.78 is 10.0. The third-order valence-electron chi connectivity index (χ3n) is 3.06. The zero-order valence-electron chi connectivity index (χ0n) is 12.5. The predicted molar refractivity (Wildman–Crippen MR) is 71.7 cm³/mol. The standard InChI is InChI=1S/C12H19N5O3/c1-11(2)7(18)17(12(3,4)16-11)8-13-9(19-5)15-10(14-8)20-6/h16H,1-6H3. The summed E-state index contributed by atoms with van der Waals surface area (Å²) in [5, 5.41) is 3.24. The number of hydrogen-bond acceptors (Lipinski definition) is 7. The van der Waals surface area contributed by atoms with Crippen LogP contribution in [0.25, 0.3) is 0 Å². The van der Waals surface area contributed by atoms with E-state index in [0.717, 1.165) is 0 Å². The molecular weight excluding hydrogens is 262 g/mol. The Labute approximate surface area is 117 Å². The molecule has 20 heavy (non-hydrogen) atoms. The number of anilines is 1. The first-order valence-electron chi connectivity index (χ1n) is 6.19. The molecule has 0 radical (unpaired) electrons. The monoisotopic (exact) mass is 281 g/mol. The molecule has 0 unspecified atom stereocenters. The van der Waals surface area contributed by atoms with Gasteiger partial charge < -0.3 is 9.47 Å². The quantitative estimate of drug-likeness (QED) is 0.854. The number of carbonyl (C=O) groups is 1. The Morgan fingerprint density at radius 1 is 1.00 bits per heavy atom. The average molecular weight is 281 g/mol. The number of amides is 1. The van der Waals surface area contributed by atoms with E-state index in [1.165, 1.54) is 19.1 Å².